The van der Waals surface area contributed by atoms with Crippen molar-refractivity contribution in [2.75, 3.05) is 6.61 Å². The van der Waals surface area contributed by atoms with Crippen LogP contribution < -0.4 is 14.2 Å². The van der Waals surface area contributed by atoms with Gasteiger partial charge in [0, 0.05) is 12.0 Å². The predicted molar refractivity (Wildman–Crippen MR) is 112 cm³/mol. The number of nitrogens with zero attached hydrogens (tertiary/aromatic N) is 1. The number of alkyl halides is 2. The van der Waals surface area contributed by atoms with E-state index in [0.29, 0.717) is 28.4 Å². The fourth-order valence-corrected chi connectivity index (χ4v) is 3.82. The molecule has 1 aromatic carbocycles. The van der Waals surface area contributed by atoms with Crippen molar-refractivity contribution in [2.45, 2.75) is 44.8 Å². The van der Waals surface area contributed by atoms with Gasteiger partial charge in [-0.05, 0) is 49.3 Å². The normalized spacial score (nSPS) is 16.7. The van der Waals surface area contributed by atoms with E-state index in [2.05, 4.69) is 4.74 Å². The van der Waals surface area contributed by atoms with Gasteiger partial charge in [0.2, 0.25) is 0 Å². The van der Waals surface area contributed by atoms with E-state index in [4.69, 9.17) is 32.7 Å². The molecule has 1 atom stereocenters. The van der Waals surface area contributed by atoms with Crippen LogP contribution in [0, 0.1) is 17.0 Å². The summed E-state index contributed by atoms with van der Waals surface area (Å²) in [5.41, 5.74) is 0.944. The Labute approximate surface area is 193 Å². The highest BCUT2D eigenvalue weighted by Crippen LogP contribution is 2.39. The van der Waals surface area contributed by atoms with E-state index < -0.39 is 12.7 Å². The molecule has 172 valence electrons. The molecule has 0 aliphatic heterocycles. The molecule has 2 aliphatic carbocycles. The minimum atomic E-state index is -3.01. The summed E-state index contributed by atoms with van der Waals surface area (Å²) < 4.78 is 42.2. The van der Waals surface area contributed by atoms with Crippen molar-refractivity contribution in [1.29, 1.82) is 0 Å². The average molecular weight is 488 g/mol. The smallest absolute Gasteiger partial charge is 0.387 e. The summed E-state index contributed by atoms with van der Waals surface area (Å²) in [5.74, 6) is -0.0765. The van der Waals surface area contributed by atoms with Gasteiger partial charge in [-0.15, -0.1) is 0 Å². The third kappa shape index (κ3) is 5.92. The van der Waals surface area contributed by atoms with Crippen LogP contribution in [0.15, 0.2) is 30.6 Å². The first kappa shape index (κ1) is 22.9. The van der Waals surface area contributed by atoms with Crippen LogP contribution in [-0.4, -0.2) is 19.2 Å². The van der Waals surface area contributed by atoms with Crippen molar-refractivity contribution < 1.29 is 32.5 Å². The molecule has 1 aromatic heterocycles. The monoisotopic (exact) mass is 487 g/mol. The molecule has 32 heavy (non-hydrogen) atoms. The SMILES string of the molecule is O=C(OC(Cc1c(Cl)c[n+]([O-])cc1Cl)c1ccc(OC(F)F)c(OCC2CC2)c1)C1CC1. The first-order valence-corrected chi connectivity index (χ1v) is 11.0. The zero-order valence-electron chi connectivity index (χ0n) is 16.9. The third-order valence-corrected chi connectivity index (χ3v) is 5.99. The highest BCUT2D eigenvalue weighted by Gasteiger charge is 2.34. The van der Waals surface area contributed by atoms with E-state index in [1.165, 1.54) is 18.2 Å². The third-order valence-electron chi connectivity index (χ3n) is 5.34. The van der Waals surface area contributed by atoms with Gasteiger partial charge in [-0.2, -0.15) is 13.5 Å². The van der Waals surface area contributed by atoms with Gasteiger partial charge in [0.1, 0.15) is 16.1 Å². The Morgan fingerprint density at radius 3 is 2.41 bits per heavy atom. The van der Waals surface area contributed by atoms with Gasteiger partial charge in [-0.25, -0.2) is 0 Å². The van der Waals surface area contributed by atoms with Crippen LogP contribution in [0.4, 0.5) is 8.78 Å². The quantitative estimate of drug-likeness (QED) is 0.260. The number of hydrogen-bond acceptors (Lipinski definition) is 5. The summed E-state index contributed by atoms with van der Waals surface area (Å²) in [4.78, 5) is 12.4. The maximum atomic E-state index is 12.8. The second-order valence-electron chi connectivity index (χ2n) is 8.04. The van der Waals surface area contributed by atoms with Crippen LogP contribution in [0.5, 0.6) is 11.5 Å². The molecule has 0 amide bonds. The maximum Gasteiger partial charge on any atom is 0.387 e. The van der Waals surface area contributed by atoms with E-state index in [9.17, 15) is 18.8 Å². The van der Waals surface area contributed by atoms with E-state index in [1.54, 1.807) is 0 Å². The molecule has 1 heterocycles. The molecule has 0 radical (unpaired) electrons. The lowest BCUT2D eigenvalue weighted by Gasteiger charge is -2.21. The second kappa shape index (κ2) is 9.67. The molecular formula is C22H21Cl2F2NO5. The minimum absolute atomic E-state index is 0.0914. The van der Waals surface area contributed by atoms with Gasteiger partial charge >= 0.3 is 12.6 Å². The Kier molecular flexibility index (Phi) is 6.90. The molecule has 0 bridgehead atoms. The molecular weight excluding hydrogens is 467 g/mol. The van der Waals surface area contributed by atoms with Crippen LogP contribution in [0.2, 0.25) is 10.0 Å². The Bertz CT molecular complexity index is 975. The summed E-state index contributed by atoms with van der Waals surface area (Å²) in [6.45, 7) is -2.62. The Hall–Kier alpha value is -2.32. The van der Waals surface area contributed by atoms with Gasteiger partial charge in [0.25, 0.3) is 0 Å². The molecule has 0 spiro atoms. The number of ether oxygens (including phenoxy) is 3. The predicted octanol–water partition coefficient (Wildman–Crippen LogP) is 5.25. The van der Waals surface area contributed by atoms with E-state index in [-0.39, 0.29) is 39.9 Å². The lowest BCUT2D eigenvalue weighted by atomic mass is 10.0. The number of esters is 1. The standard InChI is InChI=1S/C22H21Cl2F2NO5/c23-16-9-27(29)10-17(24)15(16)8-19(31-21(28)13-3-4-13)14-5-6-18(32-22(25)26)20(7-14)30-11-12-1-2-12/h5-7,9-10,12-13,19,22H,1-4,8,11H2. The number of carbonyl (C=O) groups excluding carboxylic acids is 1. The van der Waals surface area contributed by atoms with Gasteiger partial charge in [0.15, 0.2) is 23.9 Å². The molecule has 1 unspecified atom stereocenters. The molecule has 0 N–H and O–H groups in total. The molecule has 10 heteroatoms. The molecule has 2 aliphatic rings. The molecule has 2 fully saturated rings. The fraction of sp³-hybridized carbons (Fsp3) is 0.455. The van der Waals surface area contributed by atoms with Gasteiger partial charge in [-0.1, -0.05) is 29.3 Å². The van der Waals surface area contributed by atoms with Crippen LogP contribution in [-0.2, 0) is 16.0 Å². The molecule has 4 rings (SSSR count). The number of aromatic nitrogens is 1. The highest BCUT2D eigenvalue weighted by molar-refractivity contribution is 6.35. The largest absolute Gasteiger partial charge is 0.619 e. The molecule has 2 aromatic rings. The zero-order valence-corrected chi connectivity index (χ0v) is 18.5. The topological polar surface area (TPSA) is 71.7 Å². The van der Waals surface area contributed by atoms with Crippen molar-refractivity contribution in [3.63, 3.8) is 0 Å². The van der Waals surface area contributed by atoms with Crippen molar-refractivity contribution in [3.8, 4) is 11.5 Å². The zero-order chi connectivity index (χ0) is 22.8. The number of pyridine rings is 1. The number of rotatable bonds is 10. The summed E-state index contributed by atoms with van der Waals surface area (Å²) in [5, 5.41) is 11.8. The number of hydrogen-bond donors (Lipinski definition) is 0. The Morgan fingerprint density at radius 2 is 1.81 bits per heavy atom. The van der Waals surface area contributed by atoms with Crippen molar-refractivity contribution in [3.05, 3.63) is 57.0 Å². The summed E-state index contributed by atoms with van der Waals surface area (Å²) in [6, 6.07) is 4.43. The Morgan fingerprint density at radius 1 is 1.12 bits per heavy atom. The summed E-state index contributed by atoms with van der Waals surface area (Å²) in [7, 11) is 0. The number of carbonyl (C=O) groups is 1. The van der Waals surface area contributed by atoms with Gasteiger partial charge in [0.05, 0.1) is 12.5 Å². The van der Waals surface area contributed by atoms with Crippen LogP contribution in [0.1, 0.15) is 42.9 Å². The molecule has 0 saturated heterocycles. The molecule has 2 saturated carbocycles. The van der Waals surface area contributed by atoms with Gasteiger partial charge < -0.3 is 19.4 Å². The van der Waals surface area contributed by atoms with Gasteiger partial charge in [-0.3, -0.25) is 4.79 Å². The van der Waals surface area contributed by atoms with E-state index >= 15 is 0 Å². The van der Waals surface area contributed by atoms with Crippen LogP contribution >= 0.6 is 23.2 Å². The lowest BCUT2D eigenvalue weighted by Crippen LogP contribution is -2.25. The summed E-state index contributed by atoms with van der Waals surface area (Å²) >= 11 is 12.4. The van der Waals surface area contributed by atoms with E-state index in [0.717, 1.165) is 38.1 Å². The Balaban J connectivity index is 1.64. The highest BCUT2D eigenvalue weighted by atomic mass is 35.5. The lowest BCUT2D eigenvalue weighted by molar-refractivity contribution is -0.605. The summed E-state index contributed by atoms with van der Waals surface area (Å²) in [6.07, 6.45) is 5.15. The first-order chi connectivity index (χ1) is 15.3. The van der Waals surface area contributed by atoms with E-state index in [1.807, 2.05) is 0 Å². The first-order valence-electron chi connectivity index (χ1n) is 10.3. The van der Waals surface area contributed by atoms with Crippen LogP contribution in [0.25, 0.3) is 0 Å². The van der Waals surface area contributed by atoms with Crippen molar-refractivity contribution >= 4 is 29.2 Å². The number of benzene rings is 1. The van der Waals surface area contributed by atoms with Crippen LogP contribution in [0.3, 0.4) is 0 Å². The second-order valence-corrected chi connectivity index (χ2v) is 8.85. The molecule has 6 nitrogen and oxygen atoms in total. The van der Waals surface area contributed by atoms with Crippen molar-refractivity contribution in [1.82, 2.24) is 0 Å². The van der Waals surface area contributed by atoms with Crippen molar-refractivity contribution in [2.24, 2.45) is 11.8 Å². The number of halogens is 4. The average Bonchev–Trinajstić information content (AvgIpc) is 3.61. The fourth-order valence-electron chi connectivity index (χ4n) is 3.22. The minimum Gasteiger partial charge on any atom is -0.619 e. The maximum absolute atomic E-state index is 12.8.